The summed E-state index contributed by atoms with van der Waals surface area (Å²) in [6, 6.07) is 9.59. The van der Waals surface area contributed by atoms with Crippen molar-refractivity contribution in [2.75, 3.05) is 0 Å². The molecule has 1 aliphatic rings. The summed E-state index contributed by atoms with van der Waals surface area (Å²) >= 11 is 0. The second kappa shape index (κ2) is 6.66. The quantitative estimate of drug-likeness (QED) is 0.851. The Balaban J connectivity index is 0.00000176. The monoisotopic (exact) mass is 323 g/mol. The molecule has 7 heteroatoms. The standard InChI is InChI=1S/C15H15BFNO3.ClH/c1-9(18)10-3-5-15(14(17)6-10)21-12-4-2-11-8-20-16(19)13(11)7-12;/h2-7,9,19H,8,18H2,1H3;1H. The molecule has 0 spiro atoms. The second-order valence-corrected chi connectivity index (χ2v) is 5.10. The number of ether oxygens (including phenoxy) is 1. The Hall–Kier alpha value is -1.60. The van der Waals surface area contributed by atoms with Crippen molar-refractivity contribution < 1.29 is 18.8 Å². The molecule has 0 aliphatic carbocycles. The second-order valence-electron chi connectivity index (χ2n) is 5.10. The lowest BCUT2D eigenvalue weighted by atomic mass is 9.79. The van der Waals surface area contributed by atoms with Gasteiger partial charge < -0.3 is 20.1 Å². The highest BCUT2D eigenvalue weighted by atomic mass is 35.5. The van der Waals surface area contributed by atoms with Gasteiger partial charge >= 0.3 is 7.12 Å². The van der Waals surface area contributed by atoms with E-state index in [0.717, 1.165) is 5.56 Å². The van der Waals surface area contributed by atoms with Crippen LogP contribution in [0.5, 0.6) is 11.5 Å². The van der Waals surface area contributed by atoms with Crippen LogP contribution in [-0.4, -0.2) is 12.1 Å². The molecule has 0 radical (unpaired) electrons. The van der Waals surface area contributed by atoms with Crippen LogP contribution >= 0.6 is 12.4 Å². The highest BCUT2D eigenvalue weighted by Crippen LogP contribution is 2.27. The lowest BCUT2D eigenvalue weighted by molar-refractivity contribution is 0.275. The van der Waals surface area contributed by atoms with E-state index in [2.05, 4.69) is 0 Å². The van der Waals surface area contributed by atoms with Crippen LogP contribution in [0.25, 0.3) is 0 Å². The largest absolute Gasteiger partial charge is 0.491 e. The Morgan fingerprint density at radius 2 is 2.09 bits per heavy atom. The normalized spacial score (nSPS) is 14.3. The molecule has 2 aromatic carbocycles. The Kier molecular flexibility index (Phi) is 5.08. The van der Waals surface area contributed by atoms with E-state index < -0.39 is 12.9 Å². The third kappa shape index (κ3) is 3.25. The fourth-order valence-electron chi connectivity index (χ4n) is 2.27. The smallest absolute Gasteiger partial charge is 0.454 e. The minimum absolute atomic E-state index is 0. The summed E-state index contributed by atoms with van der Waals surface area (Å²) in [5.41, 5.74) is 7.98. The SMILES string of the molecule is CC(N)c1ccc(Oc2ccc3c(c2)B(O)OC3)c(F)c1.Cl. The maximum atomic E-state index is 14.0. The van der Waals surface area contributed by atoms with Crippen molar-refractivity contribution >= 4 is 25.0 Å². The van der Waals surface area contributed by atoms with Crippen molar-refractivity contribution in [1.29, 1.82) is 0 Å². The number of rotatable bonds is 3. The van der Waals surface area contributed by atoms with Crippen molar-refractivity contribution in [2.24, 2.45) is 5.73 Å². The van der Waals surface area contributed by atoms with E-state index >= 15 is 0 Å². The number of fused-ring (bicyclic) bond motifs is 1. The number of halogens is 2. The Labute approximate surface area is 134 Å². The molecule has 0 bridgehead atoms. The highest BCUT2D eigenvalue weighted by molar-refractivity contribution is 6.61. The van der Waals surface area contributed by atoms with E-state index in [1.807, 2.05) is 0 Å². The Morgan fingerprint density at radius 1 is 1.32 bits per heavy atom. The number of hydrogen-bond acceptors (Lipinski definition) is 4. The zero-order chi connectivity index (χ0) is 15.0. The molecule has 1 unspecified atom stereocenters. The fourth-order valence-corrected chi connectivity index (χ4v) is 2.27. The minimum atomic E-state index is -0.950. The molecule has 2 aromatic rings. The van der Waals surface area contributed by atoms with Gasteiger partial charge in [-0.3, -0.25) is 0 Å². The molecule has 0 aromatic heterocycles. The van der Waals surface area contributed by atoms with Crippen molar-refractivity contribution in [3.63, 3.8) is 0 Å². The van der Waals surface area contributed by atoms with E-state index in [9.17, 15) is 9.41 Å². The third-order valence-corrected chi connectivity index (χ3v) is 3.49. The number of nitrogens with two attached hydrogens (primary N) is 1. The third-order valence-electron chi connectivity index (χ3n) is 3.49. The zero-order valence-corrected chi connectivity index (χ0v) is 12.8. The van der Waals surface area contributed by atoms with E-state index in [-0.39, 0.29) is 24.2 Å². The topological polar surface area (TPSA) is 64.7 Å². The molecule has 0 saturated heterocycles. The molecule has 1 aliphatic heterocycles. The van der Waals surface area contributed by atoms with Crippen LogP contribution in [0.3, 0.4) is 0 Å². The van der Waals surface area contributed by atoms with Crippen molar-refractivity contribution in [3.05, 3.63) is 53.3 Å². The Morgan fingerprint density at radius 3 is 2.77 bits per heavy atom. The van der Waals surface area contributed by atoms with Crippen LogP contribution < -0.4 is 15.9 Å². The zero-order valence-electron chi connectivity index (χ0n) is 12.0. The predicted molar refractivity (Wildman–Crippen MR) is 85.2 cm³/mol. The molecule has 0 saturated carbocycles. The molecule has 1 heterocycles. The average molecular weight is 324 g/mol. The van der Waals surface area contributed by atoms with Crippen LogP contribution in [0.2, 0.25) is 0 Å². The van der Waals surface area contributed by atoms with Gasteiger partial charge in [0.2, 0.25) is 0 Å². The summed E-state index contributed by atoms with van der Waals surface area (Å²) in [7, 11) is -0.950. The van der Waals surface area contributed by atoms with E-state index in [4.69, 9.17) is 15.1 Å². The van der Waals surface area contributed by atoms with Gasteiger partial charge in [0.1, 0.15) is 5.75 Å². The molecule has 1 atom stereocenters. The van der Waals surface area contributed by atoms with Gasteiger partial charge in [-0.05, 0) is 47.8 Å². The summed E-state index contributed by atoms with van der Waals surface area (Å²) in [4.78, 5) is 0. The average Bonchev–Trinajstić information content (AvgIpc) is 2.82. The first-order valence-corrected chi connectivity index (χ1v) is 6.70. The van der Waals surface area contributed by atoms with Crippen molar-refractivity contribution in [3.8, 4) is 11.5 Å². The van der Waals surface area contributed by atoms with Crippen LogP contribution in [-0.2, 0) is 11.3 Å². The molecular formula is C15H16BClFNO3. The lowest BCUT2D eigenvalue weighted by Gasteiger charge is -2.11. The number of hydrogen-bond donors (Lipinski definition) is 2. The molecule has 3 N–H and O–H groups in total. The van der Waals surface area contributed by atoms with E-state index in [0.29, 0.717) is 23.4 Å². The first-order chi connectivity index (χ1) is 10.0. The maximum absolute atomic E-state index is 14.0. The summed E-state index contributed by atoms with van der Waals surface area (Å²) in [5, 5.41) is 9.66. The van der Waals surface area contributed by atoms with E-state index in [1.54, 1.807) is 37.3 Å². The fraction of sp³-hybridized carbons (Fsp3) is 0.200. The molecule has 4 nitrogen and oxygen atoms in total. The van der Waals surface area contributed by atoms with Gasteiger partial charge in [0.25, 0.3) is 0 Å². The van der Waals surface area contributed by atoms with Gasteiger partial charge in [0, 0.05) is 6.04 Å². The summed E-state index contributed by atoms with van der Waals surface area (Å²) in [6.45, 7) is 2.16. The first-order valence-electron chi connectivity index (χ1n) is 6.70. The summed E-state index contributed by atoms with van der Waals surface area (Å²) in [5.74, 6) is 0.0978. The minimum Gasteiger partial charge on any atom is -0.454 e. The maximum Gasteiger partial charge on any atom is 0.491 e. The van der Waals surface area contributed by atoms with Crippen LogP contribution in [0.1, 0.15) is 24.1 Å². The molecule has 22 heavy (non-hydrogen) atoms. The van der Waals surface area contributed by atoms with Gasteiger partial charge in [-0.15, -0.1) is 12.4 Å². The van der Waals surface area contributed by atoms with Gasteiger partial charge in [0.05, 0.1) is 6.61 Å². The predicted octanol–water partition coefficient (Wildman–Crippen LogP) is 2.28. The van der Waals surface area contributed by atoms with Gasteiger partial charge in [-0.2, -0.15) is 0 Å². The molecular weight excluding hydrogens is 307 g/mol. The first kappa shape index (κ1) is 16.8. The van der Waals surface area contributed by atoms with E-state index in [1.165, 1.54) is 6.07 Å². The van der Waals surface area contributed by atoms with Gasteiger partial charge in [0.15, 0.2) is 11.6 Å². The molecule has 0 fully saturated rings. The van der Waals surface area contributed by atoms with Crippen molar-refractivity contribution in [2.45, 2.75) is 19.6 Å². The Bertz CT molecular complexity index is 684. The van der Waals surface area contributed by atoms with Crippen LogP contribution in [0.15, 0.2) is 36.4 Å². The highest BCUT2D eigenvalue weighted by Gasteiger charge is 2.27. The van der Waals surface area contributed by atoms with Crippen LogP contribution in [0, 0.1) is 5.82 Å². The molecule has 3 rings (SSSR count). The molecule has 116 valence electrons. The van der Waals surface area contributed by atoms with Gasteiger partial charge in [-0.1, -0.05) is 12.1 Å². The summed E-state index contributed by atoms with van der Waals surface area (Å²) < 4.78 is 24.6. The van der Waals surface area contributed by atoms with Crippen LogP contribution in [0.4, 0.5) is 4.39 Å². The van der Waals surface area contributed by atoms with Crippen molar-refractivity contribution in [1.82, 2.24) is 0 Å². The van der Waals surface area contributed by atoms with Gasteiger partial charge in [-0.25, -0.2) is 4.39 Å². The molecule has 0 amide bonds. The number of benzene rings is 2. The lowest BCUT2D eigenvalue weighted by Crippen LogP contribution is -2.27. The summed E-state index contributed by atoms with van der Waals surface area (Å²) in [6.07, 6.45) is 0.